The molecule has 13 nitrogen and oxygen atoms in total. The molecule has 0 amide bonds. The van der Waals surface area contributed by atoms with E-state index in [1.54, 1.807) is 30.6 Å². The van der Waals surface area contributed by atoms with E-state index < -0.39 is 6.09 Å². The van der Waals surface area contributed by atoms with Crippen molar-refractivity contribution in [1.29, 1.82) is 0 Å². The summed E-state index contributed by atoms with van der Waals surface area (Å²) in [5, 5.41) is 0.204. The van der Waals surface area contributed by atoms with Crippen LogP contribution in [0.1, 0.15) is 108 Å². The van der Waals surface area contributed by atoms with Crippen molar-refractivity contribution in [3.8, 4) is 73.6 Å². The average Bonchev–Trinajstić information content (AvgIpc) is 1.58. The number of halogens is 3. The van der Waals surface area contributed by atoms with Crippen molar-refractivity contribution in [2.75, 3.05) is 0 Å². The number of ether oxygens (including phenoxy) is 1. The summed E-state index contributed by atoms with van der Waals surface area (Å²) in [4.78, 5) is 38.9. The Bertz CT molecular complexity index is 4580. The van der Waals surface area contributed by atoms with Crippen LogP contribution >= 0.6 is 43.5 Å². The fraction of sp³-hybridized carbons (Fsp3) is 0.233. The smallest absolute Gasteiger partial charge is 0.399 e. The third-order valence-electron chi connectivity index (χ3n) is 18.3. The molecular formula is C86H87B2Br2ClN7O6+. The first kappa shape index (κ1) is 77.5. The van der Waals surface area contributed by atoms with Crippen LogP contribution in [0.4, 0.5) is 4.79 Å². The van der Waals surface area contributed by atoms with Crippen molar-refractivity contribution in [2.45, 2.75) is 130 Å². The van der Waals surface area contributed by atoms with Crippen LogP contribution in [0.15, 0.2) is 282 Å². The van der Waals surface area contributed by atoms with Crippen LogP contribution in [-0.2, 0) is 29.4 Å². The molecule has 0 unspecified atom stereocenters. The van der Waals surface area contributed by atoms with Gasteiger partial charge in [0.15, 0.2) is 17.8 Å². The summed E-state index contributed by atoms with van der Waals surface area (Å²) in [6.45, 7) is 29.7. The number of carbonyl (C=O) groups is 1. The largest absolute Gasteiger partial charge is 0.608 e. The molecule has 7 aromatic carbocycles. The Morgan fingerprint density at radius 1 is 0.404 bits per heavy atom. The highest BCUT2D eigenvalue weighted by Crippen LogP contribution is 2.39. The Labute approximate surface area is 635 Å². The maximum Gasteiger partial charge on any atom is 0.608 e. The highest BCUT2D eigenvalue weighted by atomic mass is 79.9. The normalized spacial score (nSPS) is 14.5. The topological polar surface area (TPSA) is 144 Å². The maximum atomic E-state index is 12.4. The lowest BCUT2D eigenvalue weighted by atomic mass is 9.79. The molecule has 2 aliphatic rings. The third kappa shape index (κ3) is 20.4. The van der Waals surface area contributed by atoms with Gasteiger partial charge in [0.25, 0.3) is 0 Å². The summed E-state index contributed by atoms with van der Waals surface area (Å²) in [6, 6.07) is 81.4. The molecule has 2 saturated heterocycles. The molecule has 12 aromatic rings. The Balaban J connectivity index is 0.000000141. The van der Waals surface area contributed by atoms with E-state index in [0.29, 0.717) is 17.4 Å². The number of hydrogen-bond donors (Lipinski definition) is 0. The molecule has 528 valence electrons. The number of rotatable bonds is 9. The van der Waals surface area contributed by atoms with Crippen molar-refractivity contribution in [3.05, 3.63) is 299 Å². The Kier molecular flexibility index (Phi) is 25.1. The molecule has 2 aliphatic heterocycles. The molecule has 0 aliphatic carbocycles. The number of hydrogen-bond acceptors (Lipinski definition) is 12. The molecule has 5 aromatic heterocycles. The molecule has 7 heterocycles. The van der Waals surface area contributed by atoms with E-state index in [0.717, 1.165) is 76.0 Å². The van der Waals surface area contributed by atoms with Gasteiger partial charge in [-0.25, -0.2) is 4.98 Å². The summed E-state index contributed by atoms with van der Waals surface area (Å²) < 4.78 is 33.2. The second-order valence-electron chi connectivity index (χ2n) is 29.1. The van der Waals surface area contributed by atoms with Crippen molar-refractivity contribution in [2.24, 2.45) is 0 Å². The van der Waals surface area contributed by atoms with Crippen LogP contribution in [0.25, 0.3) is 67.8 Å². The molecule has 14 rings (SSSR count). The number of carbonyl (C=O) groups excluding carboxylic acids is 1. The minimum atomic E-state index is -0.447. The predicted molar refractivity (Wildman–Crippen MR) is 429 cm³/mol. The first-order chi connectivity index (χ1) is 49.4. The molecule has 2 fully saturated rings. The fourth-order valence-corrected chi connectivity index (χ4v) is 11.6. The summed E-state index contributed by atoms with van der Waals surface area (Å²) in [5.41, 5.74) is 13.2. The third-order valence-corrected chi connectivity index (χ3v) is 19.5. The van der Waals surface area contributed by atoms with E-state index in [1.807, 2.05) is 182 Å². The highest BCUT2D eigenvalue weighted by molar-refractivity contribution is 9.10. The zero-order valence-corrected chi connectivity index (χ0v) is 65.3. The molecule has 0 saturated carbocycles. The molecule has 0 spiro atoms. The summed E-state index contributed by atoms with van der Waals surface area (Å²) in [6.07, 6.45) is 6.66. The van der Waals surface area contributed by atoms with E-state index in [2.05, 4.69) is 219 Å². The molecule has 18 heteroatoms. The van der Waals surface area contributed by atoms with Gasteiger partial charge in [-0.2, -0.15) is 14.8 Å². The van der Waals surface area contributed by atoms with Gasteiger partial charge in [0.1, 0.15) is 5.75 Å². The molecule has 0 N–H and O–H groups in total. The van der Waals surface area contributed by atoms with Crippen molar-refractivity contribution < 1.29 is 32.7 Å². The average molecular weight is 1530 g/mol. The Morgan fingerprint density at radius 2 is 0.740 bits per heavy atom. The zero-order chi connectivity index (χ0) is 74.5. The Morgan fingerprint density at radius 3 is 1.11 bits per heavy atom. The summed E-state index contributed by atoms with van der Waals surface area (Å²) >= 11 is 13.1. The minimum absolute atomic E-state index is 0.106. The zero-order valence-electron chi connectivity index (χ0n) is 61.3. The maximum absolute atomic E-state index is 12.4. The van der Waals surface area contributed by atoms with E-state index in [4.69, 9.17) is 35.0 Å². The van der Waals surface area contributed by atoms with Crippen LogP contribution < -0.4 is 20.2 Å². The van der Waals surface area contributed by atoms with E-state index in [-0.39, 0.29) is 52.8 Å². The quantitative estimate of drug-likeness (QED) is 0.100. The SMILES string of the molecule is Brc1ccnc(-c2ccccc2)c1.CC(C)(C)c1ccc(-c2nc(Cl)nc(-c3ccc(C(C)(C)C)cc3)n2)cc1.CC1(C)OB(c2ccnc(-c3ccccc3)c2)OC1(C)C.CC1(C)OB(c2ccnc(-c3ccccc3)c2)OC1(C)C.O=C(Oc1ccccc1)[n+]1ccc(Br)cc1-c1ccccc1. The van der Waals surface area contributed by atoms with Gasteiger partial charge in [0, 0.05) is 73.0 Å². The van der Waals surface area contributed by atoms with Gasteiger partial charge in [-0.15, -0.1) is 0 Å². The van der Waals surface area contributed by atoms with Crippen molar-refractivity contribution in [1.82, 2.24) is 29.9 Å². The van der Waals surface area contributed by atoms with Gasteiger partial charge in [0.05, 0.1) is 39.5 Å². The van der Waals surface area contributed by atoms with Crippen molar-refractivity contribution in [3.63, 3.8) is 0 Å². The minimum Gasteiger partial charge on any atom is -0.399 e. The van der Waals surface area contributed by atoms with E-state index in [9.17, 15) is 4.79 Å². The first-order valence-electron chi connectivity index (χ1n) is 34.5. The van der Waals surface area contributed by atoms with Crippen LogP contribution in [-0.4, -0.2) is 72.6 Å². The lowest BCUT2D eigenvalue weighted by Crippen LogP contribution is -2.46. The number of benzene rings is 7. The Hall–Kier alpha value is -9.16. The van der Waals surface area contributed by atoms with Crippen molar-refractivity contribution >= 4 is 74.7 Å². The van der Waals surface area contributed by atoms with Gasteiger partial charge in [0.2, 0.25) is 11.0 Å². The fourth-order valence-electron chi connectivity index (χ4n) is 10.8. The first-order valence-corrected chi connectivity index (χ1v) is 36.5. The molecule has 104 heavy (non-hydrogen) atoms. The van der Waals surface area contributed by atoms with Gasteiger partial charge in [-0.3, -0.25) is 15.0 Å². The molecule has 0 radical (unpaired) electrons. The lowest BCUT2D eigenvalue weighted by molar-refractivity contribution is -0.570. The number of para-hydroxylation sites is 1. The summed E-state index contributed by atoms with van der Waals surface area (Å²) in [5.74, 6) is 1.69. The van der Waals surface area contributed by atoms with Crippen LogP contribution in [0.3, 0.4) is 0 Å². The van der Waals surface area contributed by atoms with Crippen LogP contribution in [0.5, 0.6) is 5.75 Å². The van der Waals surface area contributed by atoms with Crippen LogP contribution in [0, 0.1) is 0 Å². The van der Waals surface area contributed by atoms with Gasteiger partial charge in [-0.1, -0.05) is 254 Å². The standard InChI is InChI=1S/C23H26ClN3.C18H13BrNO2.2C17H20BNO2.C11H8BrN/c1-22(2,3)17-11-7-15(8-12-17)19-25-20(27-21(24)26-19)16-9-13-18(14-10-16)23(4,5)6;19-15-11-12-20(17(13-15)14-7-3-1-4-8-14)18(21)22-16-9-5-2-6-10-16;2*1-16(2)17(3,4)21-18(20-16)14-10-11-19-15(12-14)13-8-6-5-7-9-13;12-10-6-7-13-11(8-10)9-4-2-1-3-5-9/h7-14H,1-6H3;1-13H;2*5-12H,1-4H3;1-8H/q;+1;;;. The number of pyridine rings is 4. The molecular weight excluding hydrogens is 1440 g/mol. The van der Waals surface area contributed by atoms with Gasteiger partial charge in [-0.05, 0) is 161 Å². The number of nitrogens with zero attached hydrogens (tertiary/aromatic N) is 7. The molecule has 0 atom stereocenters. The lowest BCUT2D eigenvalue weighted by Gasteiger charge is -2.32. The van der Waals surface area contributed by atoms with Gasteiger partial charge < -0.3 is 23.4 Å². The second kappa shape index (κ2) is 33.7. The monoisotopic (exact) mass is 1530 g/mol. The predicted octanol–water partition coefficient (Wildman–Crippen LogP) is 20.5. The van der Waals surface area contributed by atoms with E-state index >= 15 is 0 Å². The van der Waals surface area contributed by atoms with E-state index in [1.165, 1.54) is 15.7 Å². The highest BCUT2D eigenvalue weighted by Gasteiger charge is 2.53. The van der Waals surface area contributed by atoms with Crippen LogP contribution in [0.2, 0.25) is 5.28 Å². The van der Waals surface area contributed by atoms with Gasteiger partial charge >= 0.3 is 20.3 Å². The summed E-state index contributed by atoms with van der Waals surface area (Å²) in [7, 11) is -0.694. The second-order valence-corrected chi connectivity index (χ2v) is 31.3. The number of aromatic nitrogens is 7. The molecule has 0 bridgehead atoms.